The standard InChI is InChI=1S/C14H19N5O/c1-2-6-16-12(4-1)10-13-17-14(20-18-13)11-19-8-3-5-15-7-9-19/h1-2,4,6,15H,3,5,7-11H2. The van der Waals surface area contributed by atoms with Gasteiger partial charge in [0.2, 0.25) is 5.89 Å². The van der Waals surface area contributed by atoms with Crippen LogP contribution in [0.15, 0.2) is 28.9 Å². The van der Waals surface area contributed by atoms with Crippen molar-refractivity contribution in [1.29, 1.82) is 0 Å². The zero-order valence-corrected chi connectivity index (χ0v) is 11.5. The van der Waals surface area contributed by atoms with Crippen LogP contribution in [0.3, 0.4) is 0 Å². The van der Waals surface area contributed by atoms with Gasteiger partial charge in [0.25, 0.3) is 0 Å². The van der Waals surface area contributed by atoms with Crippen molar-refractivity contribution in [3.8, 4) is 0 Å². The Balaban J connectivity index is 1.59. The molecule has 20 heavy (non-hydrogen) atoms. The van der Waals surface area contributed by atoms with Crippen LogP contribution < -0.4 is 5.32 Å². The van der Waals surface area contributed by atoms with Crippen molar-refractivity contribution in [2.24, 2.45) is 0 Å². The predicted molar refractivity (Wildman–Crippen MR) is 74.1 cm³/mol. The Labute approximate surface area is 118 Å². The minimum Gasteiger partial charge on any atom is -0.338 e. The molecule has 0 unspecified atom stereocenters. The van der Waals surface area contributed by atoms with Crippen LogP contribution in [0.5, 0.6) is 0 Å². The second kappa shape index (κ2) is 6.58. The quantitative estimate of drug-likeness (QED) is 0.891. The van der Waals surface area contributed by atoms with Crippen LogP contribution in [0, 0.1) is 0 Å². The van der Waals surface area contributed by atoms with E-state index in [4.69, 9.17) is 4.52 Å². The number of hydrogen-bond acceptors (Lipinski definition) is 6. The molecule has 0 aromatic carbocycles. The topological polar surface area (TPSA) is 67.1 Å². The summed E-state index contributed by atoms with van der Waals surface area (Å²) in [4.78, 5) is 11.1. The molecule has 0 bridgehead atoms. The first-order valence-corrected chi connectivity index (χ1v) is 7.04. The van der Waals surface area contributed by atoms with Gasteiger partial charge < -0.3 is 9.84 Å². The zero-order chi connectivity index (χ0) is 13.6. The second-order valence-electron chi connectivity index (χ2n) is 4.98. The fourth-order valence-electron chi connectivity index (χ4n) is 2.34. The fourth-order valence-corrected chi connectivity index (χ4v) is 2.34. The third-order valence-electron chi connectivity index (χ3n) is 3.37. The minimum absolute atomic E-state index is 0.617. The number of nitrogens with zero attached hydrogens (tertiary/aromatic N) is 4. The largest absolute Gasteiger partial charge is 0.338 e. The molecule has 2 aromatic heterocycles. The Morgan fingerprint density at radius 3 is 3.15 bits per heavy atom. The molecule has 3 heterocycles. The van der Waals surface area contributed by atoms with Crippen LogP contribution >= 0.6 is 0 Å². The molecule has 6 heteroatoms. The maximum atomic E-state index is 5.33. The number of aromatic nitrogens is 3. The van der Waals surface area contributed by atoms with Gasteiger partial charge in [0.15, 0.2) is 5.82 Å². The Bertz CT molecular complexity index is 519. The van der Waals surface area contributed by atoms with Crippen LogP contribution in [0.2, 0.25) is 0 Å². The molecule has 0 radical (unpaired) electrons. The average molecular weight is 273 g/mol. The van der Waals surface area contributed by atoms with Gasteiger partial charge >= 0.3 is 0 Å². The number of hydrogen-bond donors (Lipinski definition) is 1. The smallest absolute Gasteiger partial charge is 0.240 e. The van der Waals surface area contributed by atoms with Gasteiger partial charge in [-0.3, -0.25) is 9.88 Å². The number of pyridine rings is 1. The van der Waals surface area contributed by atoms with Crippen molar-refractivity contribution >= 4 is 0 Å². The molecular formula is C14H19N5O. The van der Waals surface area contributed by atoms with Crippen LogP contribution in [0.1, 0.15) is 23.8 Å². The minimum atomic E-state index is 0.617. The Morgan fingerprint density at radius 1 is 1.25 bits per heavy atom. The molecule has 3 rings (SSSR count). The van der Waals surface area contributed by atoms with Gasteiger partial charge in [-0.2, -0.15) is 4.98 Å². The van der Waals surface area contributed by atoms with Gasteiger partial charge in [0.05, 0.1) is 13.0 Å². The van der Waals surface area contributed by atoms with E-state index in [0.29, 0.717) is 18.1 Å². The van der Waals surface area contributed by atoms with Gasteiger partial charge in [-0.25, -0.2) is 0 Å². The van der Waals surface area contributed by atoms with Crippen LogP contribution in [0.4, 0.5) is 0 Å². The Hall–Kier alpha value is -1.79. The van der Waals surface area contributed by atoms with E-state index < -0.39 is 0 Å². The van der Waals surface area contributed by atoms with E-state index in [1.54, 1.807) is 6.20 Å². The van der Waals surface area contributed by atoms with Gasteiger partial charge in [-0.15, -0.1) is 0 Å². The van der Waals surface area contributed by atoms with E-state index in [2.05, 4.69) is 25.3 Å². The monoisotopic (exact) mass is 273 g/mol. The first-order chi connectivity index (χ1) is 9.90. The second-order valence-corrected chi connectivity index (χ2v) is 4.98. The molecule has 1 fully saturated rings. The maximum Gasteiger partial charge on any atom is 0.240 e. The van der Waals surface area contributed by atoms with Crippen molar-refractivity contribution in [2.75, 3.05) is 26.2 Å². The van der Waals surface area contributed by atoms with Crippen molar-refractivity contribution < 1.29 is 4.52 Å². The van der Waals surface area contributed by atoms with Crippen LogP contribution in [-0.4, -0.2) is 46.2 Å². The first kappa shape index (κ1) is 13.2. The van der Waals surface area contributed by atoms with Gasteiger partial charge in [0, 0.05) is 25.0 Å². The third-order valence-corrected chi connectivity index (χ3v) is 3.37. The zero-order valence-electron chi connectivity index (χ0n) is 11.5. The summed E-state index contributed by atoms with van der Waals surface area (Å²) in [5.74, 6) is 1.39. The Morgan fingerprint density at radius 2 is 2.25 bits per heavy atom. The molecule has 2 aromatic rings. The van der Waals surface area contributed by atoms with Crippen LogP contribution in [-0.2, 0) is 13.0 Å². The fraction of sp³-hybridized carbons (Fsp3) is 0.500. The lowest BCUT2D eigenvalue weighted by Crippen LogP contribution is -2.27. The van der Waals surface area contributed by atoms with Gasteiger partial charge in [0.1, 0.15) is 0 Å². The first-order valence-electron chi connectivity index (χ1n) is 7.04. The lowest BCUT2D eigenvalue weighted by atomic mass is 10.2. The lowest BCUT2D eigenvalue weighted by Gasteiger charge is -2.16. The summed E-state index contributed by atoms with van der Waals surface area (Å²) in [5.41, 5.74) is 0.957. The van der Waals surface area contributed by atoms with Crippen molar-refractivity contribution in [3.63, 3.8) is 0 Å². The molecule has 0 aliphatic carbocycles. The maximum absolute atomic E-state index is 5.33. The van der Waals surface area contributed by atoms with Gasteiger partial charge in [-0.1, -0.05) is 11.2 Å². The molecule has 1 N–H and O–H groups in total. The number of nitrogens with one attached hydrogen (secondary N) is 1. The van der Waals surface area contributed by atoms with Gasteiger partial charge in [-0.05, 0) is 31.6 Å². The van der Waals surface area contributed by atoms with E-state index in [1.807, 2.05) is 18.2 Å². The number of rotatable bonds is 4. The molecule has 0 spiro atoms. The summed E-state index contributed by atoms with van der Waals surface area (Å²) in [6.45, 7) is 4.94. The predicted octanol–water partition coefficient (Wildman–Crippen LogP) is 0.851. The normalized spacial score (nSPS) is 17.0. The van der Waals surface area contributed by atoms with Crippen LogP contribution in [0.25, 0.3) is 0 Å². The summed E-state index contributed by atoms with van der Waals surface area (Å²) in [6.07, 6.45) is 3.56. The summed E-state index contributed by atoms with van der Waals surface area (Å²) >= 11 is 0. The van der Waals surface area contributed by atoms with Crippen molar-refractivity contribution in [3.05, 3.63) is 41.8 Å². The Kier molecular flexibility index (Phi) is 4.35. The molecule has 1 aliphatic heterocycles. The molecule has 0 saturated carbocycles. The summed E-state index contributed by atoms with van der Waals surface area (Å²) in [7, 11) is 0. The third kappa shape index (κ3) is 3.61. The van der Waals surface area contributed by atoms with E-state index in [9.17, 15) is 0 Å². The summed E-state index contributed by atoms with van der Waals surface area (Å²) in [6, 6.07) is 5.84. The molecule has 106 valence electrons. The van der Waals surface area contributed by atoms with Crippen molar-refractivity contribution in [1.82, 2.24) is 25.3 Å². The van der Waals surface area contributed by atoms with E-state index in [-0.39, 0.29) is 0 Å². The highest BCUT2D eigenvalue weighted by Gasteiger charge is 2.14. The molecular weight excluding hydrogens is 254 g/mol. The molecule has 0 atom stereocenters. The molecule has 1 saturated heterocycles. The van der Waals surface area contributed by atoms with Crippen molar-refractivity contribution in [2.45, 2.75) is 19.4 Å². The summed E-state index contributed by atoms with van der Waals surface area (Å²) in [5, 5.41) is 7.42. The van der Waals surface area contributed by atoms with E-state index in [0.717, 1.165) is 44.8 Å². The highest BCUT2D eigenvalue weighted by atomic mass is 16.5. The van der Waals surface area contributed by atoms with E-state index >= 15 is 0 Å². The molecule has 6 nitrogen and oxygen atoms in total. The van der Waals surface area contributed by atoms with E-state index in [1.165, 1.54) is 0 Å². The average Bonchev–Trinajstić information content (AvgIpc) is 2.74. The highest BCUT2D eigenvalue weighted by molar-refractivity contribution is 5.09. The summed E-state index contributed by atoms with van der Waals surface area (Å²) < 4.78 is 5.33. The molecule has 0 amide bonds. The lowest BCUT2D eigenvalue weighted by molar-refractivity contribution is 0.238. The SMILES string of the molecule is c1ccc(Cc2noc(CN3CCCNCC3)n2)nc1. The molecule has 1 aliphatic rings. The highest BCUT2D eigenvalue weighted by Crippen LogP contribution is 2.07.